The van der Waals surface area contributed by atoms with E-state index in [-0.39, 0.29) is 139 Å². The topological polar surface area (TPSA) is 52.6 Å². The quantitative estimate of drug-likeness (QED) is 0.304. The molecule has 0 radical (unpaired) electrons. The monoisotopic (exact) mass is 226 g/mol. The number of carbonyl (C=O) groups excluding carboxylic acids is 2. The number of hydrogen-bond acceptors (Lipinski definition) is 4. The van der Waals surface area contributed by atoms with Crippen molar-refractivity contribution in [2.75, 3.05) is 0 Å². The van der Waals surface area contributed by atoms with Gasteiger partial charge in [0.2, 0.25) is 0 Å². The van der Waals surface area contributed by atoms with Gasteiger partial charge in [-0.25, -0.2) is 9.59 Å². The molecule has 0 spiro atoms. The minimum absolute atomic E-state index is 0. The van der Waals surface area contributed by atoms with Crippen LogP contribution >= 0.6 is 0 Å². The molecule has 8 heteroatoms. The van der Waals surface area contributed by atoms with E-state index in [0.717, 1.165) is 0 Å². The molecule has 0 aliphatic heterocycles. The van der Waals surface area contributed by atoms with Gasteiger partial charge >= 0.3 is 148 Å². The van der Waals surface area contributed by atoms with Gasteiger partial charge in [-0.1, -0.05) is 0 Å². The van der Waals surface area contributed by atoms with E-state index >= 15 is 0 Å². The molecular formula is C2H6Al2K2O4. The van der Waals surface area contributed by atoms with E-state index in [1.54, 1.807) is 0 Å². The van der Waals surface area contributed by atoms with E-state index < -0.39 is 11.9 Å². The maximum atomic E-state index is 10.1. The third-order valence-electron chi connectivity index (χ3n) is 0.537. The number of carbonyl (C=O) groups is 2. The maximum Gasteiger partial charge on any atom is 1.00 e. The van der Waals surface area contributed by atoms with E-state index in [1.807, 2.05) is 0 Å². The molecule has 46 valence electrons. The van der Waals surface area contributed by atoms with Crippen molar-refractivity contribution >= 4 is 45.2 Å². The number of rotatable bonds is 0. The van der Waals surface area contributed by atoms with Gasteiger partial charge in [0.05, 0.1) is 0 Å². The normalized spacial score (nSPS) is 6.00. The van der Waals surface area contributed by atoms with Gasteiger partial charge in [-0.2, -0.15) is 0 Å². The summed E-state index contributed by atoms with van der Waals surface area (Å²) in [6, 6.07) is 0. The first-order valence-corrected chi connectivity index (χ1v) is 3.52. The zero-order valence-electron chi connectivity index (χ0n) is 8.63. The summed E-state index contributed by atoms with van der Waals surface area (Å²) in [5.74, 6) is -1.77. The minimum Gasteiger partial charge on any atom is -1.00 e. The van der Waals surface area contributed by atoms with Gasteiger partial charge in [0.25, 0.3) is 0 Å². The molecule has 0 atom stereocenters. The summed E-state index contributed by atoms with van der Waals surface area (Å²) in [4.78, 5) is 20.2. The average molecular weight is 226 g/mol. The fourth-order valence-electron chi connectivity index (χ4n) is 0.167. The Hall–Kier alpha value is 3.28. The summed E-state index contributed by atoms with van der Waals surface area (Å²) < 4.78 is 8.30. The largest absolute Gasteiger partial charge is 1.00 e. The van der Waals surface area contributed by atoms with Crippen LogP contribution in [0, 0.1) is 0 Å². The molecule has 0 aromatic rings. The van der Waals surface area contributed by atoms with Gasteiger partial charge < -0.3 is 10.4 Å². The van der Waals surface area contributed by atoms with Crippen LogP contribution in [0.25, 0.3) is 0 Å². The van der Waals surface area contributed by atoms with Crippen LogP contribution in [0.1, 0.15) is 2.85 Å². The van der Waals surface area contributed by atoms with Crippen molar-refractivity contribution in [2.24, 2.45) is 0 Å². The van der Waals surface area contributed by atoms with Gasteiger partial charge in [0, 0.05) is 0 Å². The average Bonchev–Trinajstić information content (AvgIpc) is 1.84. The Bertz CT molecular complexity index is 112. The maximum absolute atomic E-state index is 10.1. The van der Waals surface area contributed by atoms with Crippen LogP contribution < -0.4 is 103 Å². The van der Waals surface area contributed by atoms with E-state index in [4.69, 9.17) is 0 Å². The Balaban J connectivity index is -0.0000000408. The fraction of sp³-hybridized carbons (Fsp3) is 0. The SMILES string of the molecule is O=C([O][AlH2])C(=O)[O][AlH2].[H-].[H-].[K+].[K+]. The standard InChI is InChI=1S/C2H2O4.2Al.2K.6H/c3-1(4)2(5)6;;;;;;;;;;/h(H,3,4)(H,5,6);;;;;;;;;;/q;4*+1;;;;;2*-1/p-2. The number of hydrogen-bond donors (Lipinski definition) is 0. The molecule has 0 aromatic heterocycles. The predicted molar refractivity (Wildman–Crippen MR) is 31.5 cm³/mol. The van der Waals surface area contributed by atoms with Gasteiger partial charge in [0.15, 0.2) is 0 Å². The minimum atomic E-state index is -0.883. The van der Waals surface area contributed by atoms with E-state index in [9.17, 15) is 9.59 Å². The van der Waals surface area contributed by atoms with Crippen molar-refractivity contribution in [1.29, 1.82) is 0 Å². The summed E-state index contributed by atoms with van der Waals surface area (Å²) in [7, 11) is 0. The molecule has 0 aromatic carbocycles. The Morgan fingerprint density at radius 2 is 1.20 bits per heavy atom. The molecule has 0 amide bonds. The van der Waals surface area contributed by atoms with Crippen LogP contribution in [0.4, 0.5) is 0 Å². The summed E-state index contributed by atoms with van der Waals surface area (Å²) >= 11 is 0.481. The molecule has 0 aliphatic rings. The molecule has 0 saturated heterocycles. The molecule has 10 heavy (non-hydrogen) atoms. The first kappa shape index (κ1) is 18.9. The molecule has 0 N–H and O–H groups in total. The molecule has 0 bridgehead atoms. The summed E-state index contributed by atoms with van der Waals surface area (Å²) in [6.45, 7) is 0. The Morgan fingerprint density at radius 1 is 1.00 bits per heavy atom. The third-order valence-corrected chi connectivity index (χ3v) is 1.28. The summed E-state index contributed by atoms with van der Waals surface area (Å²) in [5, 5.41) is 0. The van der Waals surface area contributed by atoms with Crippen molar-refractivity contribution in [1.82, 2.24) is 0 Å². The molecule has 0 saturated carbocycles. The fourth-order valence-corrected chi connectivity index (χ4v) is 0.500. The second kappa shape index (κ2) is 12.3. The Kier molecular flexibility index (Phi) is 23.3. The van der Waals surface area contributed by atoms with Crippen LogP contribution in [-0.4, -0.2) is 45.2 Å². The molecule has 4 nitrogen and oxygen atoms in total. The van der Waals surface area contributed by atoms with Crippen LogP contribution in [-0.2, 0) is 17.2 Å². The second-order valence-corrected chi connectivity index (χ2v) is 1.80. The molecule has 0 heterocycles. The van der Waals surface area contributed by atoms with Crippen molar-refractivity contribution in [3.05, 3.63) is 0 Å². The molecule has 0 fully saturated rings. The Morgan fingerprint density at radius 3 is 1.30 bits per heavy atom. The zero-order valence-corrected chi connectivity index (χ0v) is 16.9. The van der Waals surface area contributed by atoms with Crippen LogP contribution in [0.2, 0.25) is 0 Å². The molecule has 0 aliphatic carbocycles. The second-order valence-electron chi connectivity index (χ2n) is 0.983. The van der Waals surface area contributed by atoms with Gasteiger partial charge in [-0.05, 0) is 0 Å². The van der Waals surface area contributed by atoms with Crippen LogP contribution in [0.3, 0.4) is 0 Å². The smallest absolute Gasteiger partial charge is 1.00 e. The molecular weight excluding hydrogens is 220 g/mol. The first-order chi connectivity index (χ1) is 3.72. The predicted octanol–water partition coefficient (Wildman–Crippen LogP) is -8.60. The summed E-state index contributed by atoms with van der Waals surface area (Å²) in [6.07, 6.45) is 0. The van der Waals surface area contributed by atoms with E-state index in [1.165, 1.54) is 0 Å². The van der Waals surface area contributed by atoms with Crippen molar-refractivity contribution in [3.63, 3.8) is 0 Å². The van der Waals surface area contributed by atoms with Crippen molar-refractivity contribution < 1.29 is 123 Å². The first-order valence-electron chi connectivity index (χ1n) is 1.88. The molecule has 0 rings (SSSR count). The van der Waals surface area contributed by atoms with Crippen molar-refractivity contribution in [3.8, 4) is 0 Å². The zero-order chi connectivity index (χ0) is 6.57. The molecule has 0 unspecified atom stereocenters. The van der Waals surface area contributed by atoms with Gasteiger partial charge in [0.1, 0.15) is 0 Å². The van der Waals surface area contributed by atoms with Gasteiger partial charge in [-0.3, -0.25) is 0 Å². The van der Waals surface area contributed by atoms with Crippen LogP contribution in [0.15, 0.2) is 0 Å². The van der Waals surface area contributed by atoms with Gasteiger partial charge in [-0.15, -0.1) is 0 Å². The Labute approximate surface area is 163 Å². The van der Waals surface area contributed by atoms with E-state index in [0.29, 0.717) is 0 Å². The van der Waals surface area contributed by atoms with Crippen molar-refractivity contribution in [2.45, 2.75) is 0 Å². The van der Waals surface area contributed by atoms with Crippen LogP contribution in [0.5, 0.6) is 0 Å². The van der Waals surface area contributed by atoms with E-state index in [2.05, 4.69) is 7.58 Å². The summed E-state index contributed by atoms with van der Waals surface area (Å²) in [5.41, 5.74) is 0. The third kappa shape index (κ3) is 9.37.